The van der Waals surface area contributed by atoms with E-state index in [-0.39, 0.29) is 5.97 Å². The van der Waals surface area contributed by atoms with Crippen LogP contribution in [0, 0.1) is 0 Å². The van der Waals surface area contributed by atoms with Crippen LogP contribution in [0.5, 0.6) is 0 Å². The molecule has 1 aromatic heterocycles. The van der Waals surface area contributed by atoms with Gasteiger partial charge in [-0.25, -0.2) is 0 Å². The van der Waals surface area contributed by atoms with E-state index in [0.717, 1.165) is 5.69 Å². The van der Waals surface area contributed by atoms with Crippen molar-refractivity contribution in [3.63, 3.8) is 0 Å². The fourth-order valence-corrected chi connectivity index (χ4v) is 0.965. The molecule has 0 bridgehead atoms. The molecule has 5 nitrogen and oxygen atoms in total. The molecule has 0 aromatic carbocycles. The number of aromatic nitrogens is 1. The fraction of sp³-hybridized carbons (Fsp3) is 0.333. The van der Waals surface area contributed by atoms with Gasteiger partial charge in [0.15, 0.2) is 0 Å². The van der Waals surface area contributed by atoms with E-state index in [2.05, 4.69) is 15.0 Å². The maximum Gasteiger partial charge on any atom is 0.307 e. The Morgan fingerprint density at radius 2 is 2.43 bits per heavy atom. The van der Waals surface area contributed by atoms with Crippen LogP contribution < -0.4 is 11.1 Å². The van der Waals surface area contributed by atoms with Crippen LogP contribution in [-0.2, 0) is 9.53 Å². The highest BCUT2D eigenvalue weighted by Crippen LogP contribution is 2.08. The molecule has 5 heteroatoms. The van der Waals surface area contributed by atoms with Crippen molar-refractivity contribution in [3.05, 3.63) is 18.5 Å². The number of nitrogen functional groups attached to an aromatic ring is 1. The third-order valence-corrected chi connectivity index (χ3v) is 1.65. The SMILES string of the molecule is COC(=O)CCNc1cncc(N)c1. The number of nitrogens with two attached hydrogens (primary N) is 1. The molecule has 0 saturated heterocycles. The second kappa shape index (κ2) is 5.06. The number of pyridine rings is 1. The Morgan fingerprint density at radius 1 is 1.64 bits per heavy atom. The molecule has 0 amide bonds. The summed E-state index contributed by atoms with van der Waals surface area (Å²) in [5.74, 6) is -0.241. The number of hydrogen-bond acceptors (Lipinski definition) is 5. The predicted octanol–water partition coefficient (Wildman–Crippen LogP) is 0.639. The molecule has 0 aliphatic heterocycles. The highest BCUT2D eigenvalue weighted by atomic mass is 16.5. The Bertz CT molecular complexity index is 315. The quantitative estimate of drug-likeness (QED) is 0.689. The molecule has 0 fully saturated rings. The number of ether oxygens (including phenoxy) is 1. The maximum atomic E-state index is 10.8. The van der Waals surface area contributed by atoms with Crippen LogP contribution in [0.1, 0.15) is 6.42 Å². The summed E-state index contributed by atoms with van der Waals surface area (Å²) in [7, 11) is 1.37. The van der Waals surface area contributed by atoms with Crippen molar-refractivity contribution in [2.24, 2.45) is 0 Å². The van der Waals surface area contributed by atoms with E-state index in [1.54, 1.807) is 18.5 Å². The van der Waals surface area contributed by atoms with Crippen molar-refractivity contribution in [1.82, 2.24) is 4.98 Å². The zero-order chi connectivity index (χ0) is 10.4. The minimum atomic E-state index is -0.241. The molecule has 0 aliphatic rings. The van der Waals surface area contributed by atoms with Gasteiger partial charge in [0.05, 0.1) is 31.1 Å². The molecule has 0 unspecified atom stereocenters. The highest BCUT2D eigenvalue weighted by Gasteiger charge is 1.99. The molecular weight excluding hydrogens is 182 g/mol. The van der Waals surface area contributed by atoms with Crippen molar-refractivity contribution >= 4 is 17.3 Å². The number of rotatable bonds is 4. The highest BCUT2D eigenvalue weighted by molar-refractivity contribution is 5.69. The van der Waals surface area contributed by atoms with Gasteiger partial charge in [-0.1, -0.05) is 0 Å². The first-order chi connectivity index (χ1) is 6.72. The van der Waals surface area contributed by atoms with Gasteiger partial charge < -0.3 is 15.8 Å². The third kappa shape index (κ3) is 3.30. The lowest BCUT2D eigenvalue weighted by atomic mass is 10.3. The van der Waals surface area contributed by atoms with E-state index in [0.29, 0.717) is 18.7 Å². The van der Waals surface area contributed by atoms with E-state index in [1.807, 2.05) is 0 Å². The first-order valence-corrected chi connectivity index (χ1v) is 4.23. The van der Waals surface area contributed by atoms with Gasteiger partial charge in [0.1, 0.15) is 0 Å². The maximum absolute atomic E-state index is 10.8. The summed E-state index contributed by atoms with van der Waals surface area (Å²) in [4.78, 5) is 14.7. The lowest BCUT2D eigenvalue weighted by Gasteiger charge is -2.04. The van der Waals surface area contributed by atoms with Crippen LogP contribution in [0.4, 0.5) is 11.4 Å². The minimum Gasteiger partial charge on any atom is -0.469 e. The van der Waals surface area contributed by atoms with Crippen LogP contribution in [-0.4, -0.2) is 24.6 Å². The normalized spacial score (nSPS) is 9.50. The average Bonchev–Trinajstić information content (AvgIpc) is 2.17. The second-order valence-electron chi connectivity index (χ2n) is 2.76. The summed E-state index contributed by atoms with van der Waals surface area (Å²) in [6.45, 7) is 0.512. The summed E-state index contributed by atoms with van der Waals surface area (Å²) in [6.07, 6.45) is 3.53. The molecule has 3 N–H and O–H groups in total. The van der Waals surface area contributed by atoms with Crippen molar-refractivity contribution in [2.45, 2.75) is 6.42 Å². The molecule has 1 heterocycles. The van der Waals surface area contributed by atoms with E-state index in [1.165, 1.54) is 7.11 Å². The standard InChI is InChI=1S/C9H13N3O2/c1-14-9(13)2-3-12-8-4-7(10)5-11-6-8/h4-6,12H,2-3,10H2,1H3. The summed E-state index contributed by atoms with van der Waals surface area (Å²) in [6, 6.07) is 1.75. The molecule has 0 spiro atoms. The van der Waals surface area contributed by atoms with Gasteiger partial charge in [0.2, 0.25) is 0 Å². The van der Waals surface area contributed by atoms with Crippen molar-refractivity contribution in [3.8, 4) is 0 Å². The first kappa shape index (κ1) is 10.3. The Labute approximate surface area is 82.3 Å². The summed E-state index contributed by atoms with van der Waals surface area (Å²) >= 11 is 0. The smallest absolute Gasteiger partial charge is 0.307 e. The zero-order valence-corrected chi connectivity index (χ0v) is 7.99. The van der Waals surface area contributed by atoms with Gasteiger partial charge in [-0.15, -0.1) is 0 Å². The van der Waals surface area contributed by atoms with E-state index in [9.17, 15) is 4.79 Å². The van der Waals surface area contributed by atoms with Crippen molar-refractivity contribution in [1.29, 1.82) is 0 Å². The van der Waals surface area contributed by atoms with Gasteiger partial charge in [-0.3, -0.25) is 9.78 Å². The molecule has 0 aliphatic carbocycles. The number of anilines is 2. The first-order valence-electron chi connectivity index (χ1n) is 4.23. The Kier molecular flexibility index (Phi) is 3.72. The Morgan fingerprint density at radius 3 is 3.07 bits per heavy atom. The van der Waals surface area contributed by atoms with E-state index < -0.39 is 0 Å². The van der Waals surface area contributed by atoms with Crippen LogP contribution in [0.15, 0.2) is 18.5 Å². The van der Waals surface area contributed by atoms with Gasteiger partial charge >= 0.3 is 5.97 Å². The van der Waals surface area contributed by atoms with Crippen LogP contribution in [0.2, 0.25) is 0 Å². The molecule has 1 aromatic rings. The monoisotopic (exact) mass is 195 g/mol. The number of methoxy groups -OCH3 is 1. The number of carbonyl (C=O) groups excluding carboxylic acids is 1. The molecule has 0 radical (unpaired) electrons. The number of nitrogens with zero attached hydrogens (tertiary/aromatic N) is 1. The molecule has 0 atom stereocenters. The van der Waals surface area contributed by atoms with E-state index in [4.69, 9.17) is 5.73 Å². The predicted molar refractivity (Wildman–Crippen MR) is 53.8 cm³/mol. The lowest BCUT2D eigenvalue weighted by Crippen LogP contribution is -2.09. The Hall–Kier alpha value is -1.78. The number of nitrogens with one attached hydrogen (secondary N) is 1. The van der Waals surface area contributed by atoms with Crippen LogP contribution in [0.3, 0.4) is 0 Å². The van der Waals surface area contributed by atoms with Gasteiger partial charge in [-0.2, -0.15) is 0 Å². The van der Waals surface area contributed by atoms with Crippen LogP contribution >= 0.6 is 0 Å². The largest absolute Gasteiger partial charge is 0.469 e. The number of esters is 1. The minimum absolute atomic E-state index is 0.241. The summed E-state index contributed by atoms with van der Waals surface area (Å²) in [5, 5.41) is 3.01. The fourth-order valence-electron chi connectivity index (χ4n) is 0.965. The average molecular weight is 195 g/mol. The summed E-state index contributed by atoms with van der Waals surface area (Å²) < 4.78 is 4.49. The van der Waals surface area contributed by atoms with Crippen molar-refractivity contribution < 1.29 is 9.53 Å². The second-order valence-corrected chi connectivity index (χ2v) is 2.76. The number of hydrogen-bond donors (Lipinski definition) is 2. The van der Waals surface area contributed by atoms with E-state index >= 15 is 0 Å². The molecule has 76 valence electrons. The molecule has 1 rings (SSSR count). The van der Waals surface area contributed by atoms with Gasteiger partial charge in [-0.05, 0) is 6.07 Å². The van der Waals surface area contributed by atoms with Gasteiger partial charge in [0, 0.05) is 12.7 Å². The zero-order valence-electron chi connectivity index (χ0n) is 7.99. The van der Waals surface area contributed by atoms with Crippen molar-refractivity contribution in [2.75, 3.05) is 24.7 Å². The molecule has 0 saturated carbocycles. The Balaban J connectivity index is 2.35. The lowest BCUT2D eigenvalue weighted by molar-refractivity contribution is -0.140. The third-order valence-electron chi connectivity index (χ3n) is 1.65. The van der Waals surface area contributed by atoms with Gasteiger partial charge in [0.25, 0.3) is 0 Å². The van der Waals surface area contributed by atoms with Crippen LogP contribution in [0.25, 0.3) is 0 Å². The molecular formula is C9H13N3O2. The molecule has 14 heavy (non-hydrogen) atoms. The topological polar surface area (TPSA) is 77.2 Å². The number of carbonyl (C=O) groups is 1. The summed E-state index contributed by atoms with van der Waals surface area (Å²) in [5.41, 5.74) is 6.91.